The molecule has 0 saturated heterocycles. The quantitative estimate of drug-likeness (QED) is 0.276. The molecule has 0 saturated carbocycles. The first-order valence-electron chi connectivity index (χ1n) is 12.1. The lowest BCUT2D eigenvalue weighted by Gasteiger charge is -2.24. The molecule has 0 bridgehead atoms. The zero-order valence-electron chi connectivity index (χ0n) is 21.4. The Kier molecular flexibility index (Phi) is 7.58. The Hall–Kier alpha value is -4.42. The van der Waals surface area contributed by atoms with Crippen molar-refractivity contribution < 1.29 is 16.1 Å². The number of anilines is 2. The maximum absolute atomic E-state index is 13.6. The molecular weight excluding hydrogens is 486 g/mol. The van der Waals surface area contributed by atoms with Crippen LogP contribution in [0, 0.1) is 0 Å². The van der Waals surface area contributed by atoms with Gasteiger partial charge in [-0.15, -0.1) is 0 Å². The number of hydrogen-bond acceptors (Lipinski definition) is 4. The molecule has 0 radical (unpaired) electrons. The lowest BCUT2D eigenvalue weighted by atomic mass is 10.0. The van der Waals surface area contributed by atoms with Crippen LogP contribution in [0.2, 0.25) is 5.02 Å². The topological polar surface area (TPSA) is 73.7 Å². The molecule has 4 rings (SSSR count). The van der Waals surface area contributed by atoms with Crippen LogP contribution in [-0.2, 0) is 11.3 Å². The molecule has 1 aromatic heterocycles. The molecule has 1 atom stereocenters. The van der Waals surface area contributed by atoms with Crippen molar-refractivity contribution >= 4 is 40.9 Å². The lowest BCUT2D eigenvalue weighted by molar-refractivity contribution is -0.131. The number of carboxylic acid groups (broad SMARTS) is 1. The van der Waals surface area contributed by atoms with Crippen LogP contribution in [0.3, 0.4) is 0 Å². The SMILES string of the molecule is [2H]C(c1ccc(-c2ccc(N(C)C)cc2)cc1Cl)N(C(=O)c1ccccc1)c1cncc(/C=C/C(=O)O)c1. The van der Waals surface area contributed by atoms with Crippen molar-refractivity contribution in [3.8, 4) is 11.1 Å². The average Bonchev–Trinajstić information content (AvgIpc) is 2.92. The normalized spacial score (nSPS) is 12.1. The van der Waals surface area contributed by atoms with E-state index in [2.05, 4.69) is 4.98 Å². The largest absolute Gasteiger partial charge is 0.478 e. The number of nitrogens with zero attached hydrogens (tertiary/aromatic N) is 3. The van der Waals surface area contributed by atoms with Gasteiger partial charge in [-0.2, -0.15) is 0 Å². The van der Waals surface area contributed by atoms with E-state index in [9.17, 15) is 9.59 Å². The van der Waals surface area contributed by atoms with Crippen molar-refractivity contribution in [2.24, 2.45) is 0 Å². The summed E-state index contributed by atoms with van der Waals surface area (Å²) in [5.41, 5.74) is 4.59. The van der Waals surface area contributed by atoms with Crippen molar-refractivity contribution in [1.29, 1.82) is 0 Å². The number of pyridine rings is 1. The maximum Gasteiger partial charge on any atom is 0.328 e. The summed E-state index contributed by atoms with van der Waals surface area (Å²) in [6, 6.07) is 23.7. The third kappa shape index (κ3) is 6.42. The van der Waals surface area contributed by atoms with Crippen LogP contribution in [-0.4, -0.2) is 36.1 Å². The summed E-state index contributed by atoms with van der Waals surface area (Å²) in [5, 5.41) is 9.33. The number of amides is 1. The second-order valence-electron chi connectivity index (χ2n) is 8.50. The van der Waals surface area contributed by atoms with Crippen LogP contribution in [0.25, 0.3) is 17.2 Å². The number of carbonyl (C=O) groups is 2. The van der Waals surface area contributed by atoms with Gasteiger partial charge in [-0.25, -0.2) is 4.79 Å². The van der Waals surface area contributed by atoms with Gasteiger partial charge >= 0.3 is 5.97 Å². The maximum atomic E-state index is 13.6. The molecule has 1 N–H and O–H groups in total. The second-order valence-corrected chi connectivity index (χ2v) is 8.90. The Bertz CT molecular complexity index is 1470. The predicted octanol–water partition coefficient (Wildman–Crippen LogP) is 6.41. The van der Waals surface area contributed by atoms with Gasteiger partial charge in [0.1, 0.15) is 0 Å². The molecule has 0 aliphatic rings. The van der Waals surface area contributed by atoms with Crippen LogP contribution in [0.5, 0.6) is 0 Å². The molecule has 0 aliphatic heterocycles. The number of carbonyl (C=O) groups excluding carboxylic acids is 1. The third-order valence-corrected chi connectivity index (χ3v) is 5.99. The summed E-state index contributed by atoms with van der Waals surface area (Å²) < 4.78 is 9.09. The summed E-state index contributed by atoms with van der Waals surface area (Å²) in [7, 11) is 3.95. The minimum absolute atomic E-state index is 0.339. The summed E-state index contributed by atoms with van der Waals surface area (Å²) in [6.45, 7) is -1.19. The fraction of sp³-hybridized carbons (Fsp3) is 0.100. The van der Waals surface area contributed by atoms with Gasteiger partial charge in [0.2, 0.25) is 0 Å². The van der Waals surface area contributed by atoms with Crippen LogP contribution < -0.4 is 9.80 Å². The number of carboxylic acids is 1. The van der Waals surface area contributed by atoms with E-state index in [-0.39, 0.29) is 0 Å². The fourth-order valence-electron chi connectivity index (χ4n) is 3.71. The summed E-state index contributed by atoms with van der Waals surface area (Å²) in [4.78, 5) is 32.1. The highest BCUT2D eigenvalue weighted by molar-refractivity contribution is 6.31. The van der Waals surface area contributed by atoms with Gasteiger partial charge in [0.05, 0.1) is 19.8 Å². The Morgan fingerprint density at radius 1 is 0.946 bits per heavy atom. The fourth-order valence-corrected chi connectivity index (χ4v) is 3.94. The molecule has 6 nitrogen and oxygen atoms in total. The van der Waals surface area contributed by atoms with Gasteiger partial charge in [-0.3, -0.25) is 9.78 Å². The van der Waals surface area contributed by atoms with E-state index in [1.165, 1.54) is 23.4 Å². The number of rotatable bonds is 8. The molecule has 1 heterocycles. The van der Waals surface area contributed by atoms with Gasteiger partial charge < -0.3 is 14.9 Å². The number of aromatic nitrogens is 1. The van der Waals surface area contributed by atoms with E-state index >= 15 is 0 Å². The zero-order valence-corrected chi connectivity index (χ0v) is 21.1. The molecule has 1 unspecified atom stereocenters. The van der Waals surface area contributed by atoms with E-state index in [4.69, 9.17) is 18.1 Å². The Morgan fingerprint density at radius 2 is 1.65 bits per heavy atom. The number of aliphatic carboxylic acids is 1. The van der Waals surface area contributed by atoms with Crippen LogP contribution in [0.4, 0.5) is 11.4 Å². The molecular formula is C30H26ClN3O3. The first-order valence-corrected chi connectivity index (χ1v) is 11.9. The molecule has 0 spiro atoms. The van der Waals surface area contributed by atoms with E-state index in [0.717, 1.165) is 22.9 Å². The van der Waals surface area contributed by atoms with Crippen molar-refractivity contribution in [3.63, 3.8) is 0 Å². The molecule has 186 valence electrons. The number of hydrogen-bond donors (Lipinski definition) is 1. The highest BCUT2D eigenvalue weighted by atomic mass is 35.5. The smallest absolute Gasteiger partial charge is 0.328 e. The van der Waals surface area contributed by atoms with E-state index in [1.807, 2.05) is 49.3 Å². The Labute approximate surface area is 222 Å². The van der Waals surface area contributed by atoms with Gasteiger partial charge in [0.25, 0.3) is 5.91 Å². The second kappa shape index (κ2) is 11.5. The molecule has 4 aromatic rings. The number of benzene rings is 3. The number of halogens is 1. The van der Waals surface area contributed by atoms with E-state index in [0.29, 0.717) is 27.4 Å². The summed E-state index contributed by atoms with van der Waals surface area (Å²) in [6.07, 6.45) is 5.32. The minimum atomic E-state index is -1.19. The minimum Gasteiger partial charge on any atom is -0.478 e. The van der Waals surface area contributed by atoms with Crippen LogP contribution in [0.15, 0.2) is 97.3 Å². The third-order valence-electron chi connectivity index (χ3n) is 5.67. The Morgan fingerprint density at radius 3 is 2.30 bits per heavy atom. The first-order chi connectivity index (χ1) is 18.2. The summed E-state index contributed by atoms with van der Waals surface area (Å²) >= 11 is 6.70. The Balaban J connectivity index is 1.73. The lowest BCUT2D eigenvalue weighted by Crippen LogP contribution is -2.30. The molecule has 0 fully saturated rings. The highest BCUT2D eigenvalue weighted by Gasteiger charge is 2.20. The van der Waals surface area contributed by atoms with Crippen molar-refractivity contribution in [3.05, 3.63) is 119 Å². The van der Waals surface area contributed by atoms with Crippen molar-refractivity contribution in [2.45, 2.75) is 6.52 Å². The zero-order chi connectivity index (χ0) is 27.2. The van der Waals surface area contributed by atoms with Crippen LogP contribution in [0.1, 0.15) is 22.9 Å². The molecule has 0 aliphatic carbocycles. The highest BCUT2D eigenvalue weighted by Crippen LogP contribution is 2.30. The molecule has 1 amide bonds. The van der Waals surface area contributed by atoms with Crippen molar-refractivity contribution in [1.82, 2.24) is 4.98 Å². The van der Waals surface area contributed by atoms with Crippen LogP contribution >= 0.6 is 11.6 Å². The van der Waals surface area contributed by atoms with Crippen molar-refractivity contribution in [2.75, 3.05) is 23.9 Å². The molecule has 7 heteroatoms. The summed E-state index contributed by atoms with van der Waals surface area (Å²) in [5.74, 6) is -1.51. The van der Waals surface area contributed by atoms with E-state index in [1.54, 1.807) is 48.5 Å². The standard InChI is InChI=1S/C30H26ClN3O3/c1-33(2)26-13-11-22(12-14-26)24-9-10-25(28(31)17-24)20-34(30(37)23-6-4-3-5-7-23)27-16-21(18-32-19-27)8-15-29(35)36/h3-19H,20H2,1-2H3,(H,35,36)/b15-8+/i20D. The molecule has 37 heavy (non-hydrogen) atoms. The van der Waals surface area contributed by atoms with Gasteiger partial charge in [0, 0.05) is 42.6 Å². The van der Waals surface area contributed by atoms with Gasteiger partial charge in [-0.1, -0.05) is 54.1 Å². The predicted molar refractivity (Wildman–Crippen MR) is 149 cm³/mol. The monoisotopic (exact) mass is 512 g/mol. The van der Waals surface area contributed by atoms with Gasteiger partial charge in [-0.05, 0) is 64.7 Å². The first kappa shape index (κ1) is 24.3. The average molecular weight is 513 g/mol. The van der Waals surface area contributed by atoms with E-state index < -0.39 is 18.4 Å². The van der Waals surface area contributed by atoms with Gasteiger partial charge in [0.15, 0.2) is 0 Å². The molecule has 3 aromatic carbocycles.